The Kier molecular flexibility index (Phi) is 5.10. The number of H-pyrrole nitrogens is 1. The Bertz CT molecular complexity index is 1280. The van der Waals surface area contributed by atoms with Crippen LogP contribution >= 0.6 is 34.5 Å². The van der Waals surface area contributed by atoms with E-state index in [1.807, 2.05) is 12.1 Å². The highest BCUT2D eigenvalue weighted by Gasteiger charge is 2.31. The van der Waals surface area contributed by atoms with Gasteiger partial charge in [0.15, 0.2) is 0 Å². The minimum absolute atomic E-state index is 0.0124. The van der Waals surface area contributed by atoms with Gasteiger partial charge in [-0.2, -0.15) is 13.2 Å². The van der Waals surface area contributed by atoms with Gasteiger partial charge in [-0.15, -0.1) is 11.3 Å². The molecule has 0 saturated heterocycles. The van der Waals surface area contributed by atoms with Crippen LogP contribution in [0.5, 0.6) is 0 Å². The number of rotatable bonds is 3. The van der Waals surface area contributed by atoms with Crippen molar-refractivity contribution in [2.45, 2.75) is 12.6 Å². The maximum absolute atomic E-state index is 12.8. The fourth-order valence-electron chi connectivity index (χ4n) is 2.87. The van der Waals surface area contributed by atoms with E-state index in [2.05, 4.69) is 15.0 Å². The molecule has 4 nitrogen and oxygen atoms in total. The Labute approximate surface area is 176 Å². The van der Waals surface area contributed by atoms with Gasteiger partial charge in [-0.05, 0) is 12.1 Å². The fraction of sp³-hybridized carbons (Fsp3) is 0.105. The number of halogens is 5. The lowest BCUT2D eigenvalue weighted by Crippen LogP contribution is -2.13. The number of hydrogen-bond acceptors (Lipinski definition) is 4. The molecule has 29 heavy (non-hydrogen) atoms. The minimum Gasteiger partial charge on any atom is -0.310 e. The van der Waals surface area contributed by atoms with Crippen molar-refractivity contribution in [1.82, 2.24) is 15.0 Å². The van der Waals surface area contributed by atoms with E-state index in [0.717, 1.165) is 6.07 Å². The van der Waals surface area contributed by atoms with Crippen molar-refractivity contribution >= 4 is 44.8 Å². The summed E-state index contributed by atoms with van der Waals surface area (Å²) in [5, 5.41) is 2.56. The van der Waals surface area contributed by atoms with Gasteiger partial charge in [-0.1, -0.05) is 41.4 Å². The summed E-state index contributed by atoms with van der Waals surface area (Å²) in [7, 11) is 0. The van der Waals surface area contributed by atoms with E-state index in [0.29, 0.717) is 32.6 Å². The van der Waals surface area contributed by atoms with Crippen LogP contribution in [0.1, 0.15) is 17.1 Å². The third-order valence-corrected chi connectivity index (χ3v) is 5.77. The van der Waals surface area contributed by atoms with Crippen molar-refractivity contribution in [3.63, 3.8) is 0 Å². The predicted octanol–water partition coefficient (Wildman–Crippen LogP) is 5.96. The Balaban J connectivity index is 1.73. The lowest BCUT2D eigenvalue weighted by Gasteiger charge is -2.09. The number of benzene rings is 1. The van der Waals surface area contributed by atoms with E-state index in [4.69, 9.17) is 23.2 Å². The zero-order chi connectivity index (χ0) is 20.8. The second-order valence-corrected chi connectivity index (χ2v) is 7.82. The van der Waals surface area contributed by atoms with Gasteiger partial charge in [0.25, 0.3) is 5.56 Å². The molecule has 10 heteroatoms. The maximum Gasteiger partial charge on any atom is 0.417 e. The molecule has 0 unspecified atom stereocenters. The summed E-state index contributed by atoms with van der Waals surface area (Å²) in [6, 6.07) is 7.96. The van der Waals surface area contributed by atoms with E-state index >= 15 is 0 Å². The Morgan fingerprint density at radius 3 is 2.55 bits per heavy atom. The van der Waals surface area contributed by atoms with Crippen molar-refractivity contribution in [3.05, 3.63) is 79.4 Å². The molecule has 0 aliphatic rings. The van der Waals surface area contributed by atoms with Crippen molar-refractivity contribution < 1.29 is 13.2 Å². The molecule has 4 rings (SSSR count). The summed E-state index contributed by atoms with van der Waals surface area (Å²) in [6.07, 6.45) is -3.84. The van der Waals surface area contributed by atoms with Gasteiger partial charge >= 0.3 is 6.18 Å². The molecule has 0 spiro atoms. The zero-order valence-electron chi connectivity index (χ0n) is 14.3. The number of hydrogen-bond donors (Lipinski definition) is 1. The third kappa shape index (κ3) is 3.88. The van der Waals surface area contributed by atoms with Crippen LogP contribution in [-0.2, 0) is 12.6 Å². The second-order valence-electron chi connectivity index (χ2n) is 6.15. The Hall–Kier alpha value is -2.42. The molecular weight excluding hydrogens is 446 g/mol. The summed E-state index contributed by atoms with van der Waals surface area (Å²) >= 11 is 13.5. The number of aromatic amines is 1. The number of nitrogens with one attached hydrogen (secondary N) is 1. The SMILES string of the molecule is O=c1[nH]c(Cc2ncc(C(F)(F)F)cc2Cl)nc2scc(-c3ccccc3Cl)c12. The predicted molar refractivity (Wildman–Crippen MR) is 108 cm³/mol. The first-order chi connectivity index (χ1) is 13.7. The number of thiophene rings is 1. The molecule has 0 aliphatic heterocycles. The van der Waals surface area contributed by atoms with Gasteiger partial charge in [-0.3, -0.25) is 9.78 Å². The summed E-state index contributed by atoms with van der Waals surface area (Å²) in [5.74, 6) is 0.254. The van der Waals surface area contributed by atoms with Crippen LogP contribution in [0.25, 0.3) is 21.3 Å². The third-order valence-electron chi connectivity index (χ3n) is 4.24. The number of pyridine rings is 1. The highest BCUT2D eigenvalue weighted by Crippen LogP contribution is 2.35. The average molecular weight is 456 g/mol. The fourth-order valence-corrected chi connectivity index (χ4v) is 4.29. The largest absolute Gasteiger partial charge is 0.417 e. The molecule has 0 fully saturated rings. The van der Waals surface area contributed by atoms with Crippen molar-refractivity contribution in [1.29, 1.82) is 0 Å². The van der Waals surface area contributed by atoms with Gasteiger partial charge in [-0.25, -0.2) is 4.98 Å². The van der Waals surface area contributed by atoms with Gasteiger partial charge < -0.3 is 4.98 Å². The van der Waals surface area contributed by atoms with Crippen molar-refractivity contribution in [2.75, 3.05) is 0 Å². The molecule has 0 aliphatic carbocycles. The summed E-state index contributed by atoms with van der Waals surface area (Å²) < 4.78 is 38.3. The van der Waals surface area contributed by atoms with Crippen LogP contribution in [0.4, 0.5) is 13.2 Å². The normalized spacial score (nSPS) is 11.9. The van der Waals surface area contributed by atoms with Crippen LogP contribution in [-0.4, -0.2) is 15.0 Å². The molecule has 1 N–H and O–H groups in total. The monoisotopic (exact) mass is 455 g/mol. The standard InChI is InChI=1S/C19H10Cl2F3N3OS/c20-12-4-2-1-3-10(12)11-8-29-18-16(11)17(28)26-15(27-18)6-14-13(21)5-9(7-25-14)19(22,23)24/h1-5,7-8H,6H2,(H,26,27,28). The summed E-state index contributed by atoms with van der Waals surface area (Å²) in [6.45, 7) is 0. The molecule has 3 aromatic heterocycles. The molecule has 3 heterocycles. The van der Waals surface area contributed by atoms with E-state index in [-0.39, 0.29) is 28.5 Å². The zero-order valence-corrected chi connectivity index (χ0v) is 16.7. The molecule has 0 amide bonds. The van der Waals surface area contributed by atoms with Crippen molar-refractivity contribution in [3.8, 4) is 11.1 Å². The van der Waals surface area contributed by atoms with Crippen molar-refractivity contribution in [2.24, 2.45) is 0 Å². The van der Waals surface area contributed by atoms with Crippen LogP contribution in [0, 0.1) is 0 Å². The first-order valence-corrected chi connectivity index (χ1v) is 9.84. The van der Waals surface area contributed by atoms with E-state index in [1.165, 1.54) is 11.3 Å². The summed E-state index contributed by atoms with van der Waals surface area (Å²) in [4.78, 5) is 24.0. The first-order valence-electron chi connectivity index (χ1n) is 8.21. The smallest absolute Gasteiger partial charge is 0.310 e. The average Bonchev–Trinajstić information content (AvgIpc) is 3.07. The van der Waals surface area contributed by atoms with Crippen LogP contribution in [0.15, 0.2) is 46.7 Å². The Morgan fingerprint density at radius 2 is 1.86 bits per heavy atom. The minimum atomic E-state index is -4.53. The highest BCUT2D eigenvalue weighted by atomic mass is 35.5. The molecule has 0 saturated carbocycles. The van der Waals surface area contributed by atoms with E-state index in [9.17, 15) is 18.0 Å². The lowest BCUT2D eigenvalue weighted by atomic mass is 10.1. The summed E-state index contributed by atoms with van der Waals surface area (Å²) in [5.41, 5.74) is 0.259. The molecule has 4 aromatic rings. The lowest BCUT2D eigenvalue weighted by molar-refractivity contribution is -0.137. The van der Waals surface area contributed by atoms with Gasteiger partial charge in [0, 0.05) is 34.1 Å². The molecular formula is C19H10Cl2F3N3OS. The molecule has 0 bridgehead atoms. The molecule has 0 radical (unpaired) electrons. The van der Waals surface area contributed by atoms with Gasteiger partial charge in [0.2, 0.25) is 0 Å². The molecule has 148 valence electrons. The quantitative estimate of drug-likeness (QED) is 0.414. The molecule has 1 aromatic carbocycles. The maximum atomic E-state index is 12.8. The highest BCUT2D eigenvalue weighted by molar-refractivity contribution is 7.17. The van der Waals surface area contributed by atoms with E-state index in [1.54, 1.807) is 17.5 Å². The molecule has 0 atom stereocenters. The van der Waals surface area contributed by atoms with Crippen LogP contribution in [0.3, 0.4) is 0 Å². The topological polar surface area (TPSA) is 58.6 Å². The number of aromatic nitrogens is 3. The van der Waals surface area contributed by atoms with Crippen LogP contribution < -0.4 is 5.56 Å². The van der Waals surface area contributed by atoms with Gasteiger partial charge in [0.05, 0.1) is 21.7 Å². The van der Waals surface area contributed by atoms with Gasteiger partial charge in [0.1, 0.15) is 10.7 Å². The number of alkyl halides is 3. The second kappa shape index (κ2) is 7.44. The number of fused-ring (bicyclic) bond motifs is 1. The number of nitrogens with zero attached hydrogens (tertiary/aromatic N) is 2. The Morgan fingerprint density at radius 1 is 1.10 bits per heavy atom. The van der Waals surface area contributed by atoms with E-state index < -0.39 is 11.7 Å². The first kappa shape index (κ1) is 19.9. The van der Waals surface area contributed by atoms with Crippen LogP contribution in [0.2, 0.25) is 10.0 Å².